The normalized spacial score (nSPS) is 9.29. The minimum absolute atomic E-state index is 0.322. The molecule has 0 aliphatic rings. The molecule has 0 bridgehead atoms. The molecule has 270 valence electrons. The number of para-hydroxylation sites is 3. The highest BCUT2D eigenvalue weighted by atomic mass is 16.5. The molecule has 51 heavy (non-hydrogen) atoms. The van der Waals surface area contributed by atoms with Crippen LogP contribution in [0.25, 0.3) is 0 Å². The lowest BCUT2D eigenvalue weighted by Gasteiger charge is -1.98. The van der Waals surface area contributed by atoms with Crippen LogP contribution < -0.4 is 0 Å². The van der Waals surface area contributed by atoms with Gasteiger partial charge in [0, 0.05) is 7.11 Å². The van der Waals surface area contributed by atoms with Crippen molar-refractivity contribution >= 4 is 0 Å². The third-order valence-corrected chi connectivity index (χ3v) is 7.38. The van der Waals surface area contributed by atoms with Gasteiger partial charge in [0.05, 0.1) is 6.61 Å². The van der Waals surface area contributed by atoms with Gasteiger partial charge in [-0.1, -0.05) is 161 Å². The summed E-state index contributed by atoms with van der Waals surface area (Å²) in [5.41, 5.74) is 8.23. The van der Waals surface area contributed by atoms with Crippen molar-refractivity contribution in [2.45, 2.75) is 66.9 Å². The number of methoxy groups -OCH3 is 1. The van der Waals surface area contributed by atoms with Gasteiger partial charge in [-0.15, -0.1) is 0 Å². The molecular weight excluding hydrogens is 629 g/mol. The molecule has 0 amide bonds. The number of hydrogen-bond donors (Lipinski definition) is 3. The van der Waals surface area contributed by atoms with E-state index in [1.54, 1.807) is 79.9 Å². The average molecular weight is 687 g/mol. The molecule has 0 fully saturated rings. The van der Waals surface area contributed by atoms with Crippen LogP contribution in [-0.4, -0.2) is 22.4 Å². The second-order valence-electron chi connectivity index (χ2n) is 11.5. The number of benzene rings is 6. The van der Waals surface area contributed by atoms with Gasteiger partial charge >= 0.3 is 0 Å². The number of aryl methyl sites for hydroxylation is 5. The van der Waals surface area contributed by atoms with Crippen LogP contribution >= 0.6 is 0 Å². The number of phenolic OH excluding ortho intramolecular Hbond substituents is 3. The molecule has 0 aromatic heterocycles. The van der Waals surface area contributed by atoms with Crippen molar-refractivity contribution in [3.05, 3.63) is 197 Å². The highest BCUT2D eigenvalue weighted by molar-refractivity contribution is 5.24. The van der Waals surface area contributed by atoms with Crippen molar-refractivity contribution in [2.24, 2.45) is 0 Å². The SMILES string of the molecule is CCc1ccc(CC)cc1.CCc1ccc(CC)cc1.COCc1ccc(C)cc1.Oc1ccccc1.Oc1ccccc1.Oc1ccccc1. The minimum Gasteiger partial charge on any atom is -0.508 e. The van der Waals surface area contributed by atoms with Gasteiger partial charge in [-0.2, -0.15) is 0 Å². The summed E-state index contributed by atoms with van der Waals surface area (Å²) in [7, 11) is 1.71. The third kappa shape index (κ3) is 22.9. The lowest BCUT2D eigenvalue weighted by molar-refractivity contribution is 0.185. The summed E-state index contributed by atoms with van der Waals surface area (Å²) in [6.07, 6.45) is 4.57. The molecule has 0 aliphatic carbocycles. The lowest BCUT2D eigenvalue weighted by atomic mass is 10.1. The zero-order valence-corrected chi connectivity index (χ0v) is 31.4. The average Bonchev–Trinajstić information content (AvgIpc) is 3.18. The minimum atomic E-state index is 0.322. The number of rotatable bonds is 6. The Morgan fingerprint density at radius 1 is 0.353 bits per heavy atom. The monoisotopic (exact) mass is 686 g/mol. The predicted octanol–water partition coefficient (Wildman–Crippen LogP) is 11.9. The maximum atomic E-state index is 8.63. The van der Waals surface area contributed by atoms with Gasteiger partial charge in [-0.25, -0.2) is 0 Å². The molecule has 6 aromatic carbocycles. The molecule has 0 heterocycles. The number of hydrogen-bond acceptors (Lipinski definition) is 4. The summed E-state index contributed by atoms with van der Waals surface area (Å²) in [4.78, 5) is 0. The predicted molar refractivity (Wildman–Crippen MR) is 217 cm³/mol. The van der Waals surface area contributed by atoms with Crippen molar-refractivity contribution < 1.29 is 20.1 Å². The van der Waals surface area contributed by atoms with Crippen molar-refractivity contribution in [1.82, 2.24) is 0 Å². The first-order valence-corrected chi connectivity index (χ1v) is 17.7. The van der Waals surface area contributed by atoms with E-state index < -0.39 is 0 Å². The molecule has 0 atom stereocenters. The van der Waals surface area contributed by atoms with Crippen LogP contribution in [0.15, 0.2) is 164 Å². The standard InChI is InChI=1S/2C10H14.C9H12O.3C6H6O/c2*1-3-9-5-7-10(4-2)8-6-9;1-8-3-5-9(6-4-8)7-10-2;3*7-6-4-2-1-3-5-6/h2*5-8H,3-4H2,1-2H3;3-6H,7H2,1-2H3;3*1-5,7H. The Bertz CT molecular complexity index is 1440. The van der Waals surface area contributed by atoms with Gasteiger partial charge in [0.2, 0.25) is 0 Å². The van der Waals surface area contributed by atoms with Gasteiger partial charge < -0.3 is 20.1 Å². The van der Waals surface area contributed by atoms with E-state index in [2.05, 4.69) is 107 Å². The highest BCUT2D eigenvalue weighted by Crippen LogP contribution is 2.07. The van der Waals surface area contributed by atoms with E-state index in [-0.39, 0.29) is 0 Å². The number of phenols is 3. The van der Waals surface area contributed by atoms with Crippen LogP contribution in [-0.2, 0) is 37.0 Å². The molecule has 0 radical (unpaired) electrons. The van der Waals surface area contributed by atoms with Gasteiger partial charge in [-0.05, 0) is 96.8 Å². The Labute approximate surface area is 307 Å². The van der Waals surface area contributed by atoms with E-state index in [1.807, 2.05) is 18.2 Å². The smallest absolute Gasteiger partial charge is 0.115 e. The first kappa shape index (κ1) is 43.7. The Hall–Kier alpha value is -5.32. The Morgan fingerprint density at radius 2 is 0.588 bits per heavy atom. The number of aromatic hydroxyl groups is 3. The number of ether oxygens (including phenoxy) is 1. The van der Waals surface area contributed by atoms with E-state index in [4.69, 9.17) is 20.1 Å². The second-order valence-corrected chi connectivity index (χ2v) is 11.5. The Kier molecular flexibility index (Phi) is 24.4. The first-order chi connectivity index (χ1) is 24.7. The van der Waals surface area contributed by atoms with Gasteiger partial charge in [0.25, 0.3) is 0 Å². The van der Waals surface area contributed by atoms with Crippen LogP contribution in [0.4, 0.5) is 0 Å². The summed E-state index contributed by atoms with van der Waals surface area (Å²) in [6.45, 7) is 11.5. The van der Waals surface area contributed by atoms with Crippen molar-refractivity contribution in [1.29, 1.82) is 0 Å². The van der Waals surface area contributed by atoms with Gasteiger partial charge in [-0.3, -0.25) is 0 Å². The molecule has 0 saturated carbocycles. The Morgan fingerprint density at radius 3 is 0.765 bits per heavy atom. The van der Waals surface area contributed by atoms with Crippen molar-refractivity contribution in [2.75, 3.05) is 7.11 Å². The summed E-state index contributed by atoms with van der Waals surface area (Å²) < 4.78 is 4.97. The molecule has 3 N–H and O–H groups in total. The fourth-order valence-corrected chi connectivity index (χ4v) is 4.16. The Balaban J connectivity index is 0.000000308. The largest absolute Gasteiger partial charge is 0.508 e. The van der Waals surface area contributed by atoms with Gasteiger partial charge in [0.15, 0.2) is 0 Å². The van der Waals surface area contributed by atoms with E-state index in [9.17, 15) is 0 Å². The maximum absolute atomic E-state index is 8.63. The van der Waals surface area contributed by atoms with E-state index in [1.165, 1.54) is 33.4 Å². The van der Waals surface area contributed by atoms with Crippen LogP contribution in [0.5, 0.6) is 17.2 Å². The molecular formula is C47H58O4. The van der Waals surface area contributed by atoms with Crippen molar-refractivity contribution in [3.8, 4) is 17.2 Å². The molecule has 0 aliphatic heterocycles. The van der Waals surface area contributed by atoms with Crippen LogP contribution in [0.2, 0.25) is 0 Å². The van der Waals surface area contributed by atoms with E-state index in [0.29, 0.717) is 23.9 Å². The molecule has 4 heteroatoms. The summed E-state index contributed by atoms with van der Waals surface area (Å²) in [5, 5.41) is 25.9. The van der Waals surface area contributed by atoms with Crippen LogP contribution in [0.3, 0.4) is 0 Å². The summed E-state index contributed by atoms with van der Waals surface area (Å²) in [5.74, 6) is 0.965. The van der Waals surface area contributed by atoms with Gasteiger partial charge in [0.1, 0.15) is 17.2 Å². The van der Waals surface area contributed by atoms with E-state index in [0.717, 1.165) is 25.7 Å². The van der Waals surface area contributed by atoms with Crippen LogP contribution in [0, 0.1) is 6.92 Å². The molecule has 0 saturated heterocycles. The molecule has 6 aromatic rings. The van der Waals surface area contributed by atoms with Crippen molar-refractivity contribution in [3.63, 3.8) is 0 Å². The molecule has 6 rings (SSSR count). The second kappa shape index (κ2) is 28.5. The molecule has 0 spiro atoms. The first-order valence-electron chi connectivity index (χ1n) is 17.7. The molecule has 4 nitrogen and oxygen atoms in total. The molecule has 0 unspecified atom stereocenters. The summed E-state index contributed by atoms with van der Waals surface area (Å²) >= 11 is 0. The quantitative estimate of drug-likeness (QED) is 0.163. The highest BCUT2D eigenvalue weighted by Gasteiger charge is 1.90. The fraction of sp³-hybridized carbons (Fsp3) is 0.234. The van der Waals surface area contributed by atoms with E-state index >= 15 is 0 Å². The third-order valence-electron chi connectivity index (χ3n) is 7.38. The zero-order chi connectivity index (χ0) is 37.5. The summed E-state index contributed by atoms with van der Waals surface area (Å²) in [6, 6.07) is 52.1. The van der Waals surface area contributed by atoms with Crippen LogP contribution in [0.1, 0.15) is 61.1 Å². The lowest BCUT2D eigenvalue weighted by Crippen LogP contribution is -1.85. The zero-order valence-electron chi connectivity index (χ0n) is 31.4. The fourth-order valence-electron chi connectivity index (χ4n) is 4.16. The maximum Gasteiger partial charge on any atom is 0.115 e. The topological polar surface area (TPSA) is 69.9 Å².